The maximum absolute atomic E-state index is 13.8. The van der Waals surface area contributed by atoms with Gasteiger partial charge in [0.05, 0.1) is 34.7 Å². The largest absolute Gasteiger partial charge is 0.435 e. The molecule has 2 bridgehead atoms. The Hall–Kier alpha value is -3.77. The molecule has 1 N–H and O–H groups in total. The van der Waals surface area contributed by atoms with Gasteiger partial charge in [0.25, 0.3) is 5.91 Å². The average molecular weight is 488 g/mol. The van der Waals surface area contributed by atoms with Crippen LogP contribution in [0.2, 0.25) is 0 Å². The molecular weight excluding hydrogens is 468 g/mol. The lowest BCUT2D eigenvalue weighted by Gasteiger charge is -2.45. The number of aromatic nitrogens is 7. The fraction of sp³-hybridized carbons (Fsp3) is 0.409. The van der Waals surface area contributed by atoms with Crippen LogP contribution in [0.15, 0.2) is 18.3 Å². The van der Waals surface area contributed by atoms with Crippen molar-refractivity contribution in [3.05, 3.63) is 46.8 Å². The van der Waals surface area contributed by atoms with Gasteiger partial charge in [0, 0.05) is 25.7 Å². The molecule has 13 heteroatoms. The number of amides is 1. The van der Waals surface area contributed by atoms with Crippen LogP contribution in [0.3, 0.4) is 0 Å². The predicted molar refractivity (Wildman–Crippen MR) is 115 cm³/mol. The summed E-state index contributed by atoms with van der Waals surface area (Å²) in [6, 6.07) is 1.71. The summed E-state index contributed by atoms with van der Waals surface area (Å²) in [5.74, 6) is -0.898. The predicted octanol–water partition coefficient (Wildman–Crippen LogP) is 3.54. The molecule has 6 rings (SSSR count). The summed E-state index contributed by atoms with van der Waals surface area (Å²) >= 11 is 0. The van der Waals surface area contributed by atoms with Gasteiger partial charge in [-0.2, -0.15) is 28.5 Å². The number of piperidine rings is 1. The number of aryl methyl sites for hydroxylation is 2. The van der Waals surface area contributed by atoms with Crippen molar-refractivity contribution in [1.29, 1.82) is 0 Å². The highest BCUT2D eigenvalue weighted by atomic mass is 19.4. The molecule has 9 nitrogen and oxygen atoms in total. The third kappa shape index (κ3) is 3.24. The number of rotatable bonds is 2. The summed E-state index contributed by atoms with van der Waals surface area (Å²) in [5, 5.41) is 15.3. The topological polar surface area (TPSA) is 97.5 Å². The number of aromatic amines is 1. The van der Waals surface area contributed by atoms with Crippen LogP contribution >= 0.6 is 0 Å². The Kier molecular flexibility index (Phi) is 4.57. The minimum Gasteiger partial charge on any atom is -0.325 e. The van der Waals surface area contributed by atoms with E-state index in [9.17, 15) is 22.4 Å². The molecule has 0 radical (unpaired) electrons. The number of hydrogen-bond acceptors (Lipinski definition) is 5. The number of hydrogen-bond donors (Lipinski definition) is 1. The Morgan fingerprint density at radius 1 is 1.14 bits per heavy atom. The second kappa shape index (κ2) is 7.36. The molecule has 0 spiro atoms. The zero-order valence-corrected chi connectivity index (χ0v) is 18.8. The molecule has 1 fully saturated rings. The number of alkyl halides is 3. The lowest BCUT2D eigenvalue weighted by Crippen LogP contribution is -2.50. The molecular formula is C22H20F4N8O. The van der Waals surface area contributed by atoms with Gasteiger partial charge in [-0.15, -0.1) is 0 Å². The van der Waals surface area contributed by atoms with Crippen LogP contribution in [-0.4, -0.2) is 51.6 Å². The van der Waals surface area contributed by atoms with E-state index in [1.54, 1.807) is 16.6 Å². The summed E-state index contributed by atoms with van der Waals surface area (Å²) in [5.41, 5.74) is 1.80. The Balaban J connectivity index is 1.43. The van der Waals surface area contributed by atoms with Gasteiger partial charge >= 0.3 is 6.18 Å². The lowest BCUT2D eigenvalue weighted by atomic mass is 9.82. The molecule has 6 heterocycles. The quantitative estimate of drug-likeness (QED) is 0.436. The number of nitrogens with zero attached hydrogens (tertiary/aromatic N) is 7. The summed E-state index contributed by atoms with van der Waals surface area (Å²) in [6.07, 6.45) is -0.815. The van der Waals surface area contributed by atoms with E-state index in [2.05, 4.69) is 25.4 Å². The zero-order valence-electron chi connectivity index (χ0n) is 18.8. The van der Waals surface area contributed by atoms with E-state index in [4.69, 9.17) is 0 Å². The van der Waals surface area contributed by atoms with E-state index in [0.717, 1.165) is 30.7 Å². The molecule has 0 saturated carbocycles. The number of H-pyrrole nitrogens is 1. The monoisotopic (exact) mass is 488 g/mol. The number of halogens is 4. The van der Waals surface area contributed by atoms with Crippen LogP contribution in [-0.2, 0) is 26.7 Å². The molecule has 4 aromatic rings. The van der Waals surface area contributed by atoms with E-state index in [1.807, 2.05) is 0 Å². The van der Waals surface area contributed by atoms with Crippen LogP contribution in [0.1, 0.15) is 52.7 Å². The molecule has 2 aliphatic heterocycles. The highest BCUT2D eigenvalue weighted by molar-refractivity contribution is 6.04. The number of carbonyl (C=O) groups excluding carboxylic acids is 1. The Morgan fingerprint density at radius 2 is 1.94 bits per heavy atom. The summed E-state index contributed by atoms with van der Waals surface area (Å²) in [4.78, 5) is 19.3. The number of pyridine rings is 1. The first-order valence-electron chi connectivity index (χ1n) is 11.1. The summed E-state index contributed by atoms with van der Waals surface area (Å²) < 4.78 is 56.5. The molecule has 0 aliphatic carbocycles. The van der Waals surface area contributed by atoms with Gasteiger partial charge in [-0.25, -0.2) is 9.37 Å². The normalized spacial score (nSPS) is 19.9. The standard InChI is InChI=1S/C22H20F4N8O/c1-32-15(8-16(30-32)22(24,25)26)19-12-7-11-4-3-5-14(17(12)31-33(19)2)34(11)21(35)18-13-6-10(23)9-27-20(13)29-28-18/h6,8-9,11,14H,3-5,7H2,1-2H3,(H,27,28,29). The highest BCUT2D eigenvalue weighted by Gasteiger charge is 2.45. The molecule has 1 saturated heterocycles. The van der Waals surface area contributed by atoms with Crippen molar-refractivity contribution < 1.29 is 22.4 Å². The molecule has 2 unspecified atom stereocenters. The van der Waals surface area contributed by atoms with E-state index in [1.165, 1.54) is 17.8 Å². The SMILES string of the molecule is Cn1nc(C(F)(F)F)cc1-c1c2c(nn1C)C1CCCC(C2)N1C(=O)c1[nH]nc2ncc(F)cc12. The molecule has 1 amide bonds. The van der Waals surface area contributed by atoms with E-state index in [-0.39, 0.29) is 29.3 Å². The number of carbonyl (C=O) groups is 1. The molecule has 2 aliphatic rings. The van der Waals surface area contributed by atoms with Crippen LogP contribution in [0.5, 0.6) is 0 Å². The van der Waals surface area contributed by atoms with Gasteiger partial charge in [-0.1, -0.05) is 0 Å². The smallest absolute Gasteiger partial charge is 0.325 e. The van der Waals surface area contributed by atoms with E-state index in [0.29, 0.717) is 35.3 Å². The van der Waals surface area contributed by atoms with Crippen LogP contribution in [0.4, 0.5) is 17.6 Å². The van der Waals surface area contributed by atoms with Gasteiger partial charge in [-0.3, -0.25) is 19.3 Å². The van der Waals surface area contributed by atoms with Gasteiger partial charge in [0.2, 0.25) is 0 Å². The fourth-order valence-corrected chi connectivity index (χ4v) is 5.46. The van der Waals surface area contributed by atoms with Gasteiger partial charge in [0.1, 0.15) is 11.5 Å². The average Bonchev–Trinajstić information content (AvgIpc) is 3.47. The first-order valence-corrected chi connectivity index (χ1v) is 11.1. The van der Waals surface area contributed by atoms with Crippen molar-refractivity contribution in [2.24, 2.45) is 14.1 Å². The van der Waals surface area contributed by atoms with Gasteiger partial charge in [-0.05, 0) is 37.8 Å². The Labute approximate surface area is 195 Å². The maximum Gasteiger partial charge on any atom is 0.435 e. The van der Waals surface area contributed by atoms with Crippen LogP contribution in [0.25, 0.3) is 22.4 Å². The van der Waals surface area contributed by atoms with Gasteiger partial charge < -0.3 is 4.90 Å². The lowest BCUT2D eigenvalue weighted by molar-refractivity contribution is -0.141. The number of fused-ring (bicyclic) bond motifs is 5. The minimum atomic E-state index is -4.56. The van der Waals surface area contributed by atoms with Crippen molar-refractivity contribution in [3.8, 4) is 11.4 Å². The van der Waals surface area contributed by atoms with Crippen molar-refractivity contribution in [3.63, 3.8) is 0 Å². The van der Waals surface area contributed by atoms with Gasteiger partial charge in [0.15, 0.2) is 11.3 Å². The maximum atomic E-state index is 13.8. The molecule has 4 aromatic heterocycles. The Morgan fingerprint density at radius 3 is 2.69 bits per heavy atom. The highest BCUT2D eigenvalue weighted by Crippen LogP contribution is 2.45. The number of nitrogens with one attached hydrogen (secondary N) is 1. The second-order valence-electron chi connectivity index (χ2n) is 9.01. The van der Waals surface area contributed by atoms with Crippen molar-refractivity contribution in [1.82, 2.24) is 39.6 Å². The third-order valence-electron chi connectivity index (χ3n) is 6.91. The zero-order chi connectivity index (χ0) is 24.6. The summed E-state index contributed by atoms with van der Waals surface area (Å²) in [7, 11) is 3.15. The van der Waals surface area contributed by atoms with Crippen molar-refractivity contribution >= 4 is 16.9 Å². The molecule has 182 valence electrons. The summed E-state index contributed by atoms with van der Waals surface area (Å²) in [6.45, 7) is 0. The minimum absolute atomic E-state index is 0.157. The van der Waals surface area contributed by atoms with E-state index >= 15 is 0 Å². The molecule has 2 atom stereocenters. The third-order valence-corrected chi connectivity index (χ3v) is 6.91. The first-order chi connectivity index (χ1) is 16.6. The first kappa shape index (κ1) is 21.7. The van der Waals surface area contributed by atoms with Crippen molar-refractivity contribution in [2.75, 3.05) is 0 Å². The Bertz CT molecular complexity index is 1480. The molecule has 0 aromatic carbocycles. The van der Waals surface area contributed by atoms with Crippen molar-refractivity contribution in [2.45, 2.75) is 43.9 Å². The van der Waals surface area contributed by atoms with Crippen LogP contribution < -0.4 is 0 Å². The molecule has 35 heavy (non-hydrogen) atoms. The van der Waals surface area contributed by atoms with E-state index < -0.39 is 17.7 Å². The second-order valence-corrected chi connectivity index (χ2v) is 9.01. The van der Waals surface area contributed by atoms with Crippen LogP contribution in [0, 0.1) is 5.82 Å². The fourth-order valence-electron chi connectivity index (χ4n) is 5.46.